The Morgan fingerprint density at radius 1 is 1.00 bits per heavy atom. The minimum Gasteiger partial charge on any atom is -0.306 e. The lowest BCUT2D eigenvalue weighted by Crippen LogP contribution is -2.22. The smallest absolute Gasteiger partial charge is 0.0592 e. The van der Waals surface area contributed by atoms with Gasteiger partial charge in [-0.2, -0.15) is 0 Å². The average Bonchev–Trinajstić information content (AvgIpc) is 2.42. The third-order valence-electron chi connectivity index (χ3n) is 3.54. The Balaban J connectivity index is 2.49. The van der Waals surface area contributed by atoms with Crippen LogP contribution in [0.3, 0.4) is 0 Å². The van der Waals surface area contributed by atoms with E-state index in [1.807, 2.05) is 18.2 Å². The number of hydrogen-bond acceptors (Lipinski definition) is 1. The summed E-state index contributed by atoms with van der Waals surface area (Å²) in [6, 6.07) is 12.2. The summed E-state index contributed by atoms with van der Waals surface area (Å²) < 4.78 is 0. The summed E-state index contributed by atoms with van der Waals surface area (Å²) in [7, 11) is 0. The molecule has 1 nitrogen and oxygen atoms in total. The summed E-state index contributed by atoms with van der Waals surface area (Å²) >= 11 is 12.5. The van der Waals surface area contributed by atoms with Crippen LogP contribution in [0, 0.1) is 13.8 Å². The topological polar surface area (TPSA) is 12.0 Å². The molecule has 0 heterocycles. The normalized spacial score (nSPS) is 12.4. The first-order valence-corrected chi connectivity index (χ1v) is 7.54. The summed E-state index contributed by atoms with van der Waals surface area (Å²) in [4.78, 5) is 0. The van der Waals surface area contributed by atoms with Crippen molar-refractivity contribution >= 4 is 23.2 Å². The molecule has 0 amide bonds. The maximum atomic E-state index is 6.35. The van der Waals surface area contributed by atoms with Crippen molar-refractivity contribution in [3.63, 3.8) is 0 Å². The van der Waals surface area contributed by atoms with Gasteiger partial charge in [-0.05, 0) is 60.8 Å². The van der Waals surface area contributed by atoms with E-state index in [2.05, 4.69) is 44.3 Å². The number of halogens is 2. The monoisotopic (exact) mass is 307 g/mol. The average molecular weight is 308 g/mol. The molecule has 0 aromatic heterocycles. The van der Waals surface area contributed by atoms with Gasteiger partial charge < -0.3 is 5.32 Å². The van der Waals surface area contributed by atoms with Crippen LogP contribution in [0.5, 0.6) is 0 Å². The molecule has 3 heteroatoms. The molecule has 2 aromatic rings. The van der Waals surface area contributed by atoms with Crippen LogP contribution in [-0.2, 0) is 0 Å². The van der Waals surface area contributed by atoms with Crippen LogP contribution < -0.4 is 5.32 Å². The molecule has 1 N–H and O–H groups in total. The van der Waals surface area contributed by atoms with Gasteiger partial charge in [-0.15, -0.1) is 0 Å². The van der Waals surface area contributed by atoms with Crippen molar-refractivity contribution in [2.45, 2.75) is 26.8 Å². The SMILES string of the molecule is CCNC(c1ccc(C)c(C)c1)c1cc(Cl)ccc1Cl. The molecule has 0 aliphatic heterocycles. The van der Waals surface area contributed by atoms with Crippen molar-refractivity contribution < 1.29 is 0 Å². The summed E-state index contributed by atoms with van der Waals surface area (Å²) in [6.07, 6.45) is 0. The molecule has 0 saturated heterocycles. The Bertz CT molecular complexity index is 608. The van der Waals surface area contributed by atoms with Gasteiger partial charge in [-0.1, -0.05) is 48.3 Å². The van der Waals surface area contributed by atoms with Crippen molar-refractivity contribution in [3.05, 3.63) is 68.7 Å². The van der Waals surface area contributed by atoms with Gasteiger partial charge in [0.05, 0.1) is 6.04 Å². The van der Waals surface area contributed by atoms with Gasteiger partial charge in [0.25, 0.3) is 0 Å². The molecule has 0 aliphatic carbocycles. The summed E-state index contributed by atoms with van der Waals surface area (Å²) in [5.74, 6) is 0. The zero-order valence-corrected chi connectivity index (χ0v) is 13.5. The Morgan fingerprint density at radius 2 is 1.75 bits per heavy atom. The highest BCUT2D eigenvalue weighted by Crippen LogP contribution is 2.31. The highest BCUT2D eigenvalue weighted by Gasteiger charge is 2.17. The van der Waals surface area contributed by atoms with E-state index >= 15 is 0 Å². The van der Waals surface area contributed by atoms with E-state index in [1.54, 1.807) is 0 Å². The van der Waals surface area contributed by atoms with E-state index in [-0.39, 0.29) is 6.04 Å². The van der Waals surface area contributed by atoms with E-state index in [4.69, 9.17) is 23.2 Å². The van der Waals surface area contributed by atoms with Gasteiger partial charge in [0.2, 0.25) is 0 Å². The van der Waals surface area contributed by atoms with Gasteiger partial charge >= 0.3 is 0 Å². The maximum Gasteiger partial charge on any atom is 0.0592 e. The van der Waals surface area contributed by atoms with E-state index in [9.17, 15) is 0 Å². The lowest BCUT2D eigenvalue weighted by molar-refractivity contribution is 0.630. The lowest BCUT2D eigenvalue weighted by atomic mass is 9.95. The van der Waals surface area contributed by atoms with Crippen LogP contribution in [-0.4, -0.2) is 6.54 Å². The van der Waals surface area contributed by atoms with E-state index < -0.39 is 0 Å². The Labute approximate surface area is 130 Å². The van der Waals surface area contributed by atoms with Gasteiger partial charge in [0.15, 0.2) is 0 Å². The summed E-state index contributed by atoms with van der Waals surface area (Å²) in [5, 5.41) is 4.93. The number of aryl methyl sites for hydroxylation is 2. The minimum absolute atomic E-state index is 0.0606. The second-order valence-electron chi connectivity index (χ2n) is 5.00. The van der Waals surface area contributed by atoms with Crippen molar-refractivity contribution in [1.29, 1.82) is 0 Å². The Kier molecular flexibility index (Phi) is 5.09. The second kappa shape index (κ2) is 6.62. The van der Waals surface area contributed by atoms with Crippen LogP contribution >= 0.6 is 23.2 Å². The number of nitrogens with one attached hydrogen (secondary N) is 1. The van der Waals surface area contributed by atoms with Crippen LogP contribution in [0.25, 0.3) is 0 Å². The Morgan fingerprint density at radius 3 is 2.40 bits per heavy atom. The number of hydrogen-bond donors (Lipinski definition) is 1. The highest BCUT2D eigenvalue weighted by atomic mass is 35.5. The minimum atomic E-state index is 0.0606. The fraction of sp³-hybridized carbons (Fsp3) is 0.294. The molecule has 2 rings (SSSR count). The molecular weight excluding hydrogens is 289 g/mol. The maximum absolute atomic E-state index is 6.35. The van der Waals surface area contributed by atoms with Gasteiger partial charge in [-0.25, -0.2) is 0 Å². The first-order chi connectivity index (χ1) is 9.52. The molecule has 0 radical (unpaired) electrons. The number of benzene rings is 2. The molecular formula is C17H19Cl2N. The van der Waals surface area contributed by atoms with E-state index in [1.165, 1.54) is 16.7 Å². The zero-order valence-electron chi connectivity index (χ0n) is 12.0. The fourth-order valence-electron chi connectivity index (χ4n) is 2.29. The van der Waals surface area contributed by atoms with Crippen molar-refractivity contribution in [2.75, 3.05) is 6.54 Å². The lowest BCUT2D eigenvalue weighted by Gasteiger charge is -2.21. The molecule has 1 atom stereocenters. The highest BCUT2D eigenvalue weighted by molar-refractivity contribution is 6.33. The molecule has 2 aromatic carbocycles. The molecule has 20 heavy (non-hydrogen) atoms. The largest absolute Gasteiger partial charge is 0.306 e. The molecule has 0 aliphatic rings. The predicted octanol–water partition coefficient (Wildman–Crippen LogP) is 5.31. The van der Waals surface area contributed by atoms with Gasteiger partial charge in [0, 0.05) is 10.0 Å². The first kappa shape index (κ1) is 15.4. The van der Waals surface area contributed by atoms with Crippen molar-refractivity contribution in [2.24, 2.45) is 0 Å². The summed E-state index contributed by atoms with van der Waals surface area (Å²) in [6.45, 7) is 7.20. The van der Waals surface area contributed by atoms with Crippen LogP contribution in [0.15, 0.2) is 36.4 Å². The standard InChI is InChI=1S/C17H19Cl2N/c1-4-20-17(13-6-5-11(2)12(3)9-13)15-10-14(18)7-8-16(15)19/h5-10,17,20H,4H2,1-3H3. The predicted molar refractivity (Wildman–Crippen MR) is 87.9 cm³/mol. The van der Waals surface area contributed by atoms with Crippen LogP contribution in [0.2, 0.25) is 10.0 Å². The molecule has 0 saturated carbocycles. The fourth-order valence-corrected chi connectivity index (χ4v) is 2.70. The van der Waals surface area contributed by atoms with E-state index in [0.29, 0.717) is 5.02 Å². The van der Waals surface area contributed by atoms with E-state index in [0.717, 1.165) is 17.1 Å². The van der Waals surface area contributed by atoms with Gasteiger partial charge in [0.1, 0.15) is 0 Å². The third-order valence-corrected chi connectivity index (χ3v) is 4.12. The molecule has 1 unspecified atom stereocenters. The quantitative estimate of drug-likeness (QED) is 0.807. The Hall–Kier alpha value is -1.02. The molecule has 106 valence electrons. The third kappa shape index (κ3) is 3.35. The van der Waals surface area contributed by atoms with Crippen LogP contribution in [0.4, 0.5) is 0 Å². The second-order valence-corrected chi connectivity index (χ2v) is 5.84. The van der Waals surface area contributed by atoms with Crippen LogP contribution in [0.1, 0.15) is 35.2 Å². The van der Waals surface area contributed by atoms with Gasteiger partial charge in [-0.3, -0.25) is 0 Å². The zero-order chi connectivity index (χ0) is 14.7. The molecule has 0 fully saturated rings. The van der Waals surface area contributed by atoms with Crippen molar-refractivity contribution in [1.82, 2.24) is 5.32 Å². The summed E-state index contributed by atoms with van der Waals surface area (Å²) in [5.41, 5.74) is 4.80. The first-order valence-electron chi connectivity index (χ1n) is 6.78. The molecule has 0 spiro atoms. The number of rotatable bonds is 4. The molecule has 0 bridgehead atoms. The van der Waals surface area contributed by atoms with Crippen molar-refractivity contribution in [3.8, 4) is 0 Å².